The monoisotopic (exact) mass is 901 g/mol. The summed E-state index contributed by atoms with van der Waals surface area (Å²) >= 11 is 0. The third-order valence-electron chi connectivity index (χ3n) is 10.7. The van der Waals surface area contributed by atoms with Gasteiger partial charge in [-0.2, -0.15) is 0 Å². The van der Waals surface area contributed by atoms with E-state index in [1.165, 1.54) is 36.8 Å². The second kappa shape index (κ2) is 24.4. The number of nitrogens with one attached hydrogen (secondary N) is 7. The van der Waals surface area contributed by atoms with Crippen molar-refractivity contribution >= 4 is 58.3 Å². The minimum Gasteiger partial charge on any atom is -0.508 e. The number of guanidine groups is 1. The van der Waals surface area contributed by atoms with Gasteiger partial charge in [0, 0.05) is 61.2 Å². The molecule has 0 saturated carbocycles. The minimum absolute atomic E-state index is 0.0327. The van der Waals surface area contributed by atoms with Crippen molar-refractivity contribution < 1.29 is 43.8 Å². The summed E-state index contributed by atoms with van der Waals surface area (Å²) in [5.41, 5.74) is 24.7. The van der Waals surface area contributed by atoms with Crippen molar-refractivity contribution in [3.8, 4) is 5.75 Å². The number of hydrogen-bond acceptors (Lipinski definition) is 11. The molecule has 0 aliphatic heterocycles. The van der Waals surface area contributed by atoms with Crippen LogP contribution in [0.25, 0.3) is 10.9 Å². The highest BCUT2D eigenvalue weighted by molar-refractivity contribution is 5.97. The van der Waals surface area contributed by atoms with Gasteiger partial charge in [-0.1, -0.05) is 50.6 Å². The van der Waals surface area contributed by atoms with Crippen LogP contribution in [0.4, 0.5) is 0 Å². The number of aromatic hydroxyl groups is 1. The molecule has 0 aliphatic rings. The van der Waals surface area contributed by atoms with Crippen LogP contribution in [0.3, 0.4) is 0 Å². The molecule has 4 aromatic rings. The molecule has 22 heteroatoms. The summed E-state index contributed by atoms with van der Waals surface area (Å²) in [4.78, 5) is 108. The van der Waals surface area contributed by atoms with E-state index in [4.69, 9.17) is 22.9 Å². The van der Waals surface area contributed by atoms with Crippen LogP contribution in [0, 0.1) is 5.92 Å². The van der Waals surface area contributed by atoms with Crippen molar-refractivity contribution in [1.29, 1.82) is 0 Å². The number of benzene rings is 2. The van der Waals surface area contributed by atoms with Gasteiger partial charge in [-0.15, -0.1) is 0 Å². The van der Waals surface area contributed by atoms with Crippen molar-refractivity contribution in [3.05, 3.63) is 84.1 Å². The fraction of sp³-hybridized carbons (Fsp3) is 0.419. The lowest BCUT2D eigenvalue weighted by molar-refractivity contribution is -0.142. The van der Waals surface area contributed by atoms with Gasteiger partial charge in [0.2, 0.25) is 35.4 Å². The number of phenolic OH excluding ortho intramolecular Hbond substituents is 1. The number of aliphatic carboxylic acids is 1. The van der Waals surface area contributed by atoms with Crippen LogP contribution >= 0.6 is 0 Å². The molecule has 17 N–H and O–H groups in total. The highest BCUT2D eigenvalue weighted by Crippen LogP contribution is 2.20. The SMILES string of the molecule is CC[C@H](C)[C@H](NC(=O)[C@H](Cc1cnc[nH]1)NC(=O)[C@@H](N)CCCN=C(N)N)C(=O)N[C@@H](CCC(N)=O)C(=O)N[C@@H](Cc1c[nH]c2ccccc12)C(=O)N[C@@H](Cc1ccc(O)cc1)C(=O)O. The summed E-state index contributed by atoms with van der Waals surface area (Å²) in [6.45, 7) is 3.70. The van der Waals surface area contributed by atoms with Crippen LogP contribution in [-0.4, -0.2) is 115 Å². The van der Waals surface area contributed by atoms with Gasteiger partial charge in [-0.25, -0.2) is 9.78 Å². The van der Waals surface area contributed by atoms with E-state index < -0.39 is 83.6 Å². The van der Waals surface area contributed by atoms with Crippen LogP contribution in [0.1, 0.15) is 62.8 Å². The van der Waals surface area contributed by atoms with Gasteiger partial charge in [0.1, 0.15) is 36.0 Å². The fourth-order valence-electron chi connectivity index (χ4n) is 6.87. The van der Waals surface area contributed by atoms with Crippen molar-refractivity contribution in [3.63, 3.8) is 0 Å². The van der Waals surface area contributed by atoms with E-state index in [0.29, 0.717) is 29.7 Å². The first-order chi connectivity index (χ1) is 30.9. The fourth-order valence-corrected chi connectivity index (χ4v) is 6.87. The molecule has 0 unspecified atom stereocenters. The number of carboxylic acid groups (broad SMARTS) is 1. The summed E-state index contributed by atoms with van der Waals surface area (Å²) in [5.74, 6) is -6.82. The second-order valence-electron chi connectivity index (χ2n) is 15.7. The number of imidazole rings is 1. The van der Waals surface area contributed by atoms with Crippen LogP contribution in [-0.2, 0) is 52.8 Å². The maximum Gasteiger partial charge on any atom is 0.326 e. The molecular formula is C43H59N13O9. The molecule has 350 valence electrons. The zero-order valence-electron chi connectivity index (χ0n) is 36.2. The summed E-state index contributed by atoms with van der Waals surface area (Å²) < 4.78 is 0. The first-order valence-electron chi connectivity index (χ1n) is 21.1. The number of aromatic nitrogens is 3. The predicted molar refractivity (Wildman–Crippen MR) is 239 cm³/mol. The van der Waals surface area contributed by atoms with E-state index in [-0.39, 0.29) is 56.8 Å². The molecule has 65 heavy (non-hydrogen) atoms. The van der Waals surface area contributed by atoms with Crippen LogP contribution in [0.5, 0.6) is 5.75 Å². The summed E-state index contributed by atoms with van der Waals surface area (Å²) in [6, 6.07) is 5.08. The normalized spacial score (nSPS) is 14.3. The smallest absolute Gasteiger partial charge is 0.326 e. The number of fused-ring (bicyclic) bond motifs is 1. The molecule has 0 bridgehead atoms. The number of carboxylic acids is 1. The number of carbonyl (C=O) groups is 7. The number of H-pyrrole nitrogens is 2. The number of carbonyl (C=O) groups excluding carboxylic acids is 6. The Labute approximate surface area is 374 Å². The maximum absolute atomic E-state index is 14.2. The lowest BCUT2D eigenvalue weighted by Gasteiger charge is -2.29. The Morgan fingerprint density at radius 2 is 1.38 bits per heavy atom. The Morgan fingerprint density at radius 3 is 2.03 bits per heavy atom. The quantitative estimate of drug-likeness (QED) is 0.0201. The van der Waals surface area contributed by atoms with E-state index in [1.807, 2.05) is 12.1 Å². The molecule has 7 atom stereocenters. The van der Waals surface area contributed by atoms with E-state index in [1.54, 1.807) is 32.2 Å². The maximum atomic E-state index is 14.2. The molecule has 0 radical (unpaired) electrons. The molecule has 22 nitrogen and oxygen atoms in total. The third kappa shape index (κ3) is 15.7. The molecule has 0 spiro atoms. The molecule has 4 rings (SSSR count). The lowest BCUT2D eigenvalue weighted by atomic mass is 9.96. The van der Waals surface area contributed by atoms with Crippen LogP contribution in [0.15, 0.2) is 72.2 Å². The third-order valence-corrected chi connectivity index (χ3v) is 10.7. The van der Waals surface area contributed by atoms with Crippen molar-refractivity contribution in [1.82, 2.24) is 41.5 Å². The number of para-hydroxylation sites is 1. The zero-order chi connectivity index (χ0) is 47.6. The Balaban J connectivity index is 1.58. The standard InChI is InChI=1S/C43H59N13O9/c1-3-23(2)36(56-40(62)33(19-26-21-48-22-51-26)53-37(59)29(44)8-6-16-49-43(46)47)41(63)52-31(14-15-35(45)58)38(60)54-32(18-25-20-50-30-9-5-4-7-28(25)30)39(61)55-34(42(64)65)17-24-10-12-27(57)13-11-24/h4-5,7,9-13,20-23,29,31-34,36,50,57H,3,6,8,14-19,44H2,1-2H3,(H2,45,58)(H,48,51)(H,52,63)(H,53,59)(H,54,60)(H,55,61)(H,56,62)(H,64,65)(H4,46,47,49)/t23-,29-,31-,32-,33-,34-,36-/m0/s1. The van der Waals surface area contributed by atoms with Gasteiger partial charge in [-0.3, -0.25) is 33.8 Å². The van der Waals surface area contributed by atoms with E-state index in [9.17, 15) is 43.8 Å². The predicted octanol–water partition coefficient (Wildman–Crippen LogP) is -1.17. The van der Waals surface area contributed by atoms with Crippen molar-refractivity contribution in [2.75, 3.05) is 6.54 Å². The lowest BCUT2D eigenvalue weighted by Crippen LogP contribution is -2.61. The molecule has 0 saturated heterocycles. The Kier molecular flexibility index (Phi) is 18.8. The molecule has 2 aromatic heterocycles. The number of phenols is 1. The summed E-state index contributed by atoms with van der Waals surface area (Å²) in [5, 5.41) is 33.7. The number of aromatic amines is 2. The van der Waals surface area contributed by atoms with Gasteiger partial charge in [0.25, 0.3) is 0 Å². The van der Waals surface area contributed by atoms with Crippen molar-refractivity contribution in [2.24, 2.45) is 33.8 Å². The highest BCUT2D eigenvalue weighted by atomic mass is 16.4. The van der Waals surface area contributed by atoms with Crippen molar-refractivity contribution in [2.45, 2.75) is 101 Å². The number of rotatable bonds is 26. The Bertz CT molecular complexity index is 2280. The number of amides is 6. The summed E-state index contributed by atoms with van der Waals surface area (Å²) in [6.07, 6.45) is 4.43. The molecular weight excluding hydrogens is 843 g/mol. The van der Waals surface area contributed by atoms with Gasteiger partial charge >= 0.3 is 5.97 Å². The van der Waals surface area contributed by atoms with E-state index in [2.05, 4.69) is 46.5 Å². The number of nitrogens with zero attached hydrogens (tertiary/aromatic N) is 2. The minimum atomic E-state index is -1.48. The first-order valence-corrected chi connectivity index (χ1v) is 21.1. The highest BCUT2D eigenvalue weighted by Gasteiger charge is 2.35. The van der Waals surface area contributed by atoms with Gasteiger partial charge in [-0.05, 0) is 54.5 Å². The number of primary amides is 1. The number of nitrogens with two attached hydrogens (primary N) is 4. The topological polar surface area (TPSA) is 381 Å². The first kappa shape index (κ1) is 50.2. The van der Waals surface area contributed by atoms with Crippen LogP contribution in [0.2, 0.25) is 0 Å². The van der Waals surface area contributed by atoms with Crippen LogP contribution < -0.4 is 49.5 Å². The van der Waals surface area contributed by atoms with Gasteiger partial charge in [0.15, 0.2) is 5.96 Å². The Morgan fingerprint density at radius 1 is 0.754 bits per heavy atom. The second-order valence-corrected chi connectivity index (χ2v) is 15.7. The average Bonchev–Trinajstić information content (AvgIpc) is 3.95. The van der Waals surface area contributed by atoms with E-state index in [0.717, 1.165) is 10.9 Å². The number of hydrogen-bond donors (Lipinski definition) is 13. The molecule has 0 aliphatic carbocycles. The zero-order valence-corrected chi connectivity index (χ0v) is 36.2. The Hall–Kier alpha value is -7.49. The van der Waals surface area contributed by atoms with E-state index >= 15 is 0 Å². The molecule has 0 fully saturated rings. The molecule has 2 heterocycles. The number of aliphatic imine (C=N–C) groups is 1. The largest absolute Gasteiger partial charge is 0.508 e. The molecule has 2 aromatic carbocycles. The average molecular weight is 902 g/mol. The molecule has 6 amide bonds. The summed E-state index contributed by atoms with van der Waals surface area (Å²) in [7, 11) is 0. The van der Waals surface area contributed by atoms with Gasteiger partial charge in [0.05, 0.1) is 12.4 Å². The van der Waals surface area contributed by atoms with Gasteiger partial charge < -0.3 is 69.7 Å².